The summed E-state index contributed by atoms with van der Waals surface area (Å²) in [6.45, 7) is 5.35. The first-order valence-electron chi connectivity index (χ1n) is 11.1. The predicted octanol–water partition coefficient (Wildman–Crippen LogP) is 3.83. The van der Waals surface area contributed by atoms with Gasteiger partial charge in [0.05, 0.1) is 0 Å². The van der Waals surface area contributed by atoms with E-state index >= 15 is 0 Å². The Labute approximate surface area is 166 Å². The van der Waals surface area contributed by atoms with Gasteiger partial charge >= 0.3 is 11.9 Å². The van der Waals surface area contributed by atoms with Gasteiger partial charge < -0.3 is 9.47 Å². The highest BCUT2D eigenvalue weighted by atomic mass is 16.6. The second kappa shape index (κ2) is 5.82. The van der Waals surface area contributed by atoms with E-state index in [-0.39, 0.29) is 40.4 Å². The van der Waals surface area contributed by atoms with Crippen LogP contribution in [-0.2, 0) is 23.9 Å². The third kappa shape index (κ3) is 2.16. The summed E-state index contributed by atoms with van der Waals surface area (Å²) in [6.07, 6.45) is 8.48. The van der Waals surface area contributed by atoms with Crippen molar-refractivity contribution in [2.45, 2.75) is 90.8 Å². The Morgan fingerprint density at radius 2 is 1.68 bits per heavy atom. The van der Waals surface area contributed by atoms with Crippen molar-refractivity contribution < 1.29 is 23.9 Å². The van der Waals surface area contributed by atoms with Crippen molar-refractivity contribution in [2.75, 3.05) is 0 Å². The zero-order chi connectivity index (χ0) is 19.9. The second-order valence-electron chi connectivity index (χ2n) is 10.5. The Balaban J connectivity index is 1.46. The molecule has 0 unspecified atom stereocenters. The van der Waals surface area contributed by atoms with E-state index in [9.17, 15) is 14.4 Å². The number of ether oxygens (including phenoxy) is 2. The first-order chi connectivity index (χ1) is 13.2. The molecule has 5 heteroatoms. The van der Waals surface area contributed by atoms with E-state index < -0.39 is 0 Å². The molecule has 5 saturated carbocycles. The van der Waals surface area contributed by atoms with Crippen molar-refractivity contribution in [3.8, 4) is 0 Å². The lowest BCUT2D eigenvalue weighted by atomic mass is 9.50. The van der Waals surface area contributed by atoms with Gasteiger partial charge in [0.15, 0.2) is 0 Å². The lowest BCUT2D eigenvalue weighted by Gasteiger charge is -2.54. The largest absolute Gasteiger partial charge is 0.462 e. The van der Waals surface area contributed by atoms with Crippen LogP contribution in [0, 0.1) is 34.0 Å². The molecular weight excluding hydrogens is 356 g/mol. The standard InChI is InChI=1S/C23H32O5/c1-13(24)27-19-5-4-17-16-7-10-22-12-15(26)6-11-23(22,20(22)28-14(2)25)18(16)8-9-21(17,19)3/h16-20H,4-12H2,1-3H3/t16-,17-,18-,19-,20+,21-,22-,23-/m0/s1. The molecule has 5 aliphatic carbocycles. The first-order valence-corrected chi connectivity index (χ1v) is 11.1. The molecule has 0 bridgehead atoms. The fourth-order valence-corrected chi connectivity index (χ4v) is 8.76. The molecule has 0 aromatic carbocycles. The van der Waals surface area contributed by atoms with Gasteiger partial charge in [0.1, 0.15) is 18.0 Å². The van der Waals surface area contributed by atoms with Crippen LogP contribution in [0.3, 0.4) is 0 Å². The Morgan fingerprint density at radius 3 is 2.39 bits per heavy atom. The van der Waals surface area contributed by atoms with E-state index in [0.717, 1.165) is 44.9 Å². The number of Topliss-reactive ketones (excluding diaryl/α,β-unsaturated/α-hetero) is 1. The van der Waals surface area contributed by atoms with Crippen molar-refractivity contribution in [3.63, 3.8) is 0 Å². The van der Waals surface area contributed by atoms with Crippen LogP contribution in [0.5, 0.6) is 0 Å². The number of hydrogen-bond donors (Lipinski definition) is 0. The predicted molar refractivity (Wildman–Crippen MR) is 101 cm³/mol. The lowest BCUT2D eigenvalue weighted by Crippen LogP contribution is -2.50. The minimum absolute atomic E-state index is 0.0242. The number of hydrogen-bond acceptors (Lipinski definition) is 5. The fourth-order valence-electron chi connectivity index (χ4n) is 8.76. The number of fused-ring (bicyclic) bond motifs is 3. The molecule has 0 heterocycles. The summed E-state index contributed by atoms with van der Waals surface area (Å²) >= 11 is 0. The molecule has 5 rings (SSSR count). The SMILES string of the molecule is CC(=O)O[C@H]1CC[C@H]2[C@@H]3CC[C@@]45CC(=O)CC[C@@]4([C@@H]5OC(C)=O)[C@H]3CC[C@]12C. The molecule has 154 valence electrons. The molecule has 0 aliphatic heterocycles. The van der Waals surface area contributed by atoms with Gasteiger partial charge in [-0.1, -0.05) is 6.92 Å². The molecule has 0 spiro atoms. The molecule has 5 nitrogen and oxygen atoms in total. The third-order valence-corrected chi connectivity index (χ3v) is 9.67. The monoisotopic (exact) mass is 388 g/mol. The highest BCUT2D eigenvalue weighted by molar-refractivity contribution is 5.82. The Morgan fingerprint density at radius 1 is 0.929 bits per heavy atom. The molecule has 5 aliphatic rings. The Hall–Kier alpha value is -1.39. The van der Waals surface area contributed by atoms with Crippen LogP contribution in [0.15, 0.2) is 0 Å². The van der Waals surface area contributed by atoms with Gasteiger partial charge in [0, 0.05) is 42.9 Å². The highest BCUT2D eigenvalue weighted by Gasteiger charge is 2.84. The van der Waals surface area contributed by atoms with E-state index in [0.29, 0.717) is 36.4 Å². The van der Waals surface area contributed by atoms with Crippen molar-refractivity contribution in [1.82, 2.24) is 0 Å². The number of carbonyl (C=O) groups excluding carboxylic acids is 3. The number of rotatable bonds is 2. The molecule has 0 N–H and O–H groups in total. The lowest BCUT2D eigenvalue weighted by molar-refractivity contribution is -0.157. The van der Waals surface area contributed by atoms with Crippen molar-refractivity contribution in [1.29, 1.82) is 0 Å². The highest BCUT2D eigenvalue weighted by Crippen LogP contribution is 2.83. The Bertz CT molecular complexity index is 745. The van der Waals surface area contributed by atoms with E-state index in [2.05, 4.69) is 6.92 Å². The van der Waals surface area contributed by atoms with Crippen molar-refractivity contribution in [2.24, 2.45) is 34.0 Å². The summed E-state index contributed by atoms with van der Waals surface area (Å²) in [5.74, 6) is 1.67. The first kappa shape index (κ1) is 18.6. The van der Waals surface area contributed by atoms with Crippen LogP contribution in [0.25, 0.3) is 0 Å². The molecule has 0 amide bonds. The molecule has 0 aromatic rings. The van der Waals surface area contributed by atoms with E-state index in [1.54, 1.807) is 0 Å². The summed E-state index contributed by atoms with van der Waals surface area (Å²) in [6, 6.07) is 0. The number of carbonyl (C=O) groups is 3. The summed E-state index contributed by atoms with van der Waals surface area (Å²) in [5, 5.41) is 0. The minimum atomic E-state index is -0.208. The molecule has 0 radical (unpaired) electrons. The van der Waals surface area contributed by atoms with Crippen molar-refractivity contribution in [3.05, 3.63) is 0 Å². The van der Waals surface area contributed by atoms with Crippen LogP contribution < -0.4 is 0 Å². The fraction of sp³-hybridized carbons (Fsp3) is 0.870. The average Bonchev–Trinajstić information content (AvgIpc) is 3.04. The normalized spacial score (nSPS) is 51.2. The minimum Gasteiger partial charge on any atom is -0.462 e. The third-order valence-electron chi connectivity index (χ3n) is 9.67. The maximum atomic E-state index is 12.3. The molecule has 8 atom stereocenters. The van der Waals surface area contributed by atoms with Gasteiger partial charge in [-0.25, -0.2) is 0 Å². The van der Waals surface area contributed by atoms with E-state index in [1.165, 1.54) is 13.8 Å². The molecule has 0 aromatic heterocycles. The zero-order valence-electron chi connectivity index (χ0n) is 17.3. The Kier molecular flexibility index (Phi) is 3.87. The number of esters is 2. The maximum Gasteiger partial charge on any atom is 0.302 e. The quantitative estimate of drug-likeness (QED) is 0.673. The van der Waals surface area contributed by atoms with E-state index in [1.807, 2.05) is 0 Å². The van der Waals surface area contributed by atoms with Gasteiger partial charge in [-0.2, -0.15) is 0 Å². The summed E-state index contributed by atoms with van der Waals surface area (Å²) in [7, 11) is 0. The molecular formula is C23H32O5. The van der Waals surface area contributed by atoms with Crippen LogP contribution in [0.4, 0.5) is 0 Å². The van der Waals surface area contributed by atoms with Crippen LogP contribution in [0.2, 0.25) is 0 Å². The molecule has 5 fully saturated rings. The summed E-state index contributed by atoms with van der Waals surface area (Å²) < 4.78 is 11.6. The van der Waals surface area contributed by atoms with Gasteiger partial charge in [-0.3, -0.25) is 14.4 Å². The van der Waals surface area contributed by atoms with E-state index in [4.69, 9.17) is 9.47 Å². The number of ketones is 1. The maximum absolute atomic E-state index is 12.3. The van der Waals surface area contributed by atoms with Crippen molar-refractivity contribution >= 4 is 17.7 Å². The van der Waals surface area contributed by atoms with Crippen LogP contribution in [0.1, 0.15) is 78.6 Å². The summed E-state index contributed by atoms with van der Waals surface area (Å²) in [4.78, 5) is 35.8. The van der Waals surface area contributed by atoms with Gasteiger partial charge in [0.2, 0.25) is 0 Å². The van der Waals surface area contributed by atoms with Gasteiger partial charge in [-0.15, -0.1) is 0 Å². The molecule has 28 heavy (non-hydrogen) atoms. The second-order valence-corrected chi connectivity index (χ2v) is 10.5. The van der Waals surface area contributed by atoms with Crippen LogP contribution in [-0.4, -0.2) is 29.9 Å². The van der Waals surface area contributed by atoms with Gasteiger partial charge in [-0.05, 0) is 62.7 Å². The zero-order valence-corrected chi connectivity index (χ0v) is 17.3. The average molecular weight is 389 g/mol. The smallest absolute Gasteiger partial charge is 0.302 e. The van der Waals surface area contributed by atoms with Gasteiger partial charge in [0.25, 0.3) is 0 Å². The molecule has 0 saturated heterocycles. The van der Waals surface area contributed by atoms with Crippen LogP contribution >= 0.6 is 0 Å². The topological polar surface area (TPSA) is 69.7 Å². The summed E-state index contributed by atoms with van der Waals surface area (Å²) in [5.41, 5.74) is 0.00688.